The summed E-state index contributed by atoms with van der Waals surface area (Å²) < 4.78 is 166. The van der Waals surface area contributed by atoms with Gasteiger partial charge in [-0.1, -0.05) is 90.9 Å². The molecule has 12 rings (SSSR count). The van der Waals surface area contributed by atoms with Gasteiger partial charge in [-0.2, -0.15) is 0 Å². The monoisotopic (exact) mass is 1330 g/mol. The van der Waals surface area contributed by atoms with Crippen molar-refractivity contribution < 1.29 is 82.0 Å². The summed E-state index contributed by atoms with van der Waals surface area (Å²) in [6.07, 6.45) is 19.0. The van der Waals surface area contributed by atoms with Crippen LogP contribution in [0, 0.1) is 58.2 Å². The molecule has 464 valence electrons. The van der Waals surface area contributed by atoms with Gasteiger partial charge in [0.25, 0.3) is 11.6 Å². The van der Waals surface area contributed by atoms with E-state index >= 15 is 0 Å². The van der Waals surface area contributed by atoms with Gasteiger partial charge in [-0.15, -0.1) is 68.0 Å². The molecule has 4 aliphatic rings. The van der Waals surface area contributed by atoms with Gasteiger partial charge >= 0.3 is 0 Å². The molecule has 0 bridgehead atoms. The van der Waals surface area contributed by atoms with Gasteiger partial charge in [0.05, 0.1) is 55.7 Å². The van der Waals surface area contributed by atoms with E-state index in [4.69, 9.17) is 18.9 Å². The van der Waals surface area contributed by atoms with Crippen LogP contribution in [0.3, 0.4) is 0 Å². The molecule has 6 aromatic heterocycles. The maximum absolute atomic E-state index is 14.7. The van der Waals surface area contributed by atoms with Crippen molar-refractivity contribution >= 4 is 91.2 Å². The Labute approximate surface area is 523 Å². The molecule has 0 radical (unpaired) electrons. The zero-order valence-corrected chi connectivity index (χ0v) is 52.2. The second-order valence-electron chi connectivity index (χ2n) is 21.5. The number of fused-ring (bicyclic) bond motifs is 6. The normalized spacial score (nSPS) is 17.5. The maximum atomic E-state index is 14.7. The number of hydrogen-bond acceptors (Lipinski definition) is 14. The average molecular weight is 1330 g/mol. The number of thiophene rings is 6. The number of hydrogen-bond donors (Lipinski definition) is 0. The predicted molar refractivity (Wildman–Crippen MR) is 320 cm³/mol. The molecule has 0 amide bonds. The Hall–Kier alpha value is -5.54. The van der Waals surface area contributed by atoms with Gasteiger partial charge in [0, 0.05) is 51.5 Å². The summed E-state index contributed by atoms with van der Waals surface area (Å²) in [5.74, 6) is -30.2. The predicted octanol–water partition coefficient (Wildman–Crippen LogP) is 19.6. The second-order valence-corrected chi connectivity index (χ2v) is 28.1. The van der Waals surface area contributed by atoms with Crippen LogP contribution in [-0.4, -0.2) is 49.6 Å². The van der Waals surface area contributed by atoms with Crippen LogP contribution in [0.25, 0.3) is 39.0 Å². The molecule has 24 heteroatoms. The first-order valence-electron chi connectivity index (χ1n) is 28.9. The van der Waals surface area contributed by atoms with Crippen molar-refractivity contribution in [1.29, 1.82) is 0 Å². The van der Waals surface area contributed by atoms with Crippen molar-refractivity contribution in [1.82, 2.24) is 0 Å². The lowest BCUT2D eigenvalue weighted by Crippen LogP contribution is -2.63. The van der Waals surface area contributed by atoms with E-state index in [-0.39, 0.29) is 47.3 Å². The molecule has 2 aliphatic carbocycles. The van der Waals surface area contributed by atoms with Crippen LogP contribution in [0.2, 0.25) is 0 Å². The van der Waals surface area contributed by atoms with Gasteiger partial charge in [0.15, 0.2) is 46.5 Å². The smallest absolute Gasteiger partial charge is 0.257 e. The number of aryl methyl sites for hydroxylation is 2. The molecule has 0 atom stereocenters. The van der Waals surface area contributed by atoms with E-state index in [0.29, 0.717) is 37.1 Å². The first-order chi connectivity index (χ1) is 42.4. The molecule has 2 saturated heterocycles. The molecule has 8 aromatic rings. The summed E-state index contributed by atoms with van der Waals surface area (Å²) in [5, 5.41) is 0. The molecule has 88 heavy (non-hydrogen) atoms. The minimum Gasteiger partial charge on any atom is -0.339 e. The molecule has 2 aliphatic heterocycles. The minimum atomic E-state index is -2.38. The van der Waals surface area contributed by atoms with Gasteiger partial charge in [-0.25, -0.2) is 43.9 Å². The molecule has 2 aromatic carbocycles. The number of ketones is 4. The van der Waals surface area contributed by atoms with Gasteiger partial charge in [0.2, 0.25) is 34.8 Å². The Bertz CT molecular complexity index is 3950. The highest BCUT2D eigenvalue weighted by Crippen LogP contribution is 2.64. The van der Waals surface area contributed by atoms with Crippen LogP contribution >= 0.6 is 68.0 Å². The minimum absolute atomic E-state index is 0.126. The van der Waals surface area contributed by atoms with E-state index in [1.165, 1.54) is 109 Å². The van der Waals surface area contributed by atoms with E-state index < -0.39 is 109 Å². The summed E-state index contributed by atoms with van der Waals surface area (Å²) in [5.41, 5.74) is -2.16. The van der Waals surface area contributed by atoms with Crippen molar-refractivity contribution in [3.8, 4) is 39.0 Å². The standard InChI is InChI=1S/C34H31F5O5S3.C30H23F5O3S3/c1-2-3-4-5-6-7-8-9-18-10-11-21(45-18)22-16-19-31(46-22)32-20(34-33(19,41-12-14-43-34)42-13-15-44-34)17-23(47-32)30(40)24-25(35)27(37)29(39)28(38)26(24)36;1-2-3-4-5-6-7-8-9-14-10-11-17(39-14)18-12-15-26(36)27(37)16-13-19(41-30(16)29(15)40-18)28(38)20-21(31)23(33)25(35)24(34)22(20)32/h10-11,16-17H,2-9,12-15H2,1H3;10-13H,2-9H2,1H3. The van der Waals surface area contributed by atoms with Crippen LogP contribution in [0.4, 0.5) is 43.9 Å². The Kier molecular flexibility index (Phi) is 19.4. The molecular formula is C64H54F10O8S6. The summed E-state index contributed by atoms with van der Waals surface area (Å²) in [4.78, 5) is 59.4. The maximum Gasteiger partial charge on any atom is 0.257 e. The van der Waals surface area contributed by atoms with Gasteiger partial charge in [-0.3, -0.25) is 19.2 Å². The second kappa shape index (κ2) is 26.7. The lowest BCUT2D eigenvalue weighted by molar-refractivity contribution is -0.483. The first kappa shape index (κ1) is 64.0. The number of ether oxygens (including phenoxy) is 4. The third-order valence-electron chi connectivity index (χ3n) is 15.8. The van der Waals surface area contributed by atoms with E-state index in [2.05, 4.69) is 26.0 Å². The third kappa shape index (κ3) is 11.6. The summed E-state index contributed by atoms with van der Waals surface area (Å²) >= 11 is 7.53. The van der Waals surface area contributed by atoms with E-state index in [9.17, 15) is 63.1 Å². The molecular weight excluding hydrogens is 1280 g/mol. The van der Waals surface area contributed by atoms with E-state index in [1.807, 2.05) is 18.2 Å². The quantitative estimate of drug-likeness (QED) is 0.0165. The SMILES string of the molecule is CCCCCCCCCc1ccc(-c2cc3c(s2)-c2sc(C(=O)c4c(F)c(F)c(F)c(F)c4F)cc2C(=O)C3=O)s1.CCCCCCCCCc1ccc(-c2cc3c(s2)-c2sc(C(=O)c4c(F)c(F)c(F)c(F)c4F)cc2C24OCCOC32OCCO4)s1. The molecule has 0 N–H and O–H groups in total. The number of carbonyl (C=O) groups is 4. The molecule has 2 fully saturated rings. The average Bonchev–Trinajstić information content (AvgIpc) is 1.44. The topological polar surface area (TPSA) is 105 Å². The lowest BCUT2D eigenvalue weighted by atomic mass is 9.83. The van der Waals surface area contributed by atoms with Crippen molar-refractivity contribution in [3.05, 3.63) is 160 Å². The fraction of sp³-hybridized carbons (Fsp3) is 0.375. The zero-order chi connectivity index (χ0) is 62.3. The molecule has 8 heterocycles. The van der Waals surface area contributed by atoms with Crippen LogP contribution in [0.5, 0.6) is 0 Å². The van der Waals surface area contributed by atoms with Crippen molar-refractivity contribution in [2.75, 3.05) is 26.4 Å². The Morgan fingerprint density at radius 1 is 0.386 bits per heavy atom. The molecule has 0 saturated carbocycles. The van der Waals surface area contributed by atoms with Gasteiger partial charge in [-0.05, 0) is 74.2 Å². The Morgan fingerprint density at radius 3 is 1.18 bits per heavy atom. The highest BCUT2D eigenvalue weighted by Gasteiger charge is 2.68. The summed E-state index contributed by atoms with van der Waals surface area (Å²) in [7, 11) is 0. The van der Waals surface area contributed by atoms with Gasteiger partial charge < -0.3 is 18.9 Å². The number of Topliss-reactive ketones (excluding diaryl/α,β-unsaturated/α-hetero) is 2. The number of rotatable bonds is 22. The largest absolute Gasteiger partial charge is 0.339 e. The number of halogens is 10. The number of benzene rings is 2. The first-order valence-corrected chi connectivity index (χ1v) is 33.8. The Balaban J connectivity index is 0.000000184. The lowest BCUT2D eigenvalue weighted by Gasteiger charge is -2.55. The highest BCUT2D eigenvalue weighted by atomic mass is 32.1. The fourth-order valence-corrected chi connectivity index (χ4v) is 18.5. The molecule has 0 unspecified atom stereocenters. The van der Waals surface area contributed by atoms with Crippen molar-refractivity contribution in [2.45, 2.75) is 128 Å². The summed E-state index contributed by atoms with van der Waals surface area (Å²) in [6.45, 7) is 5.03. The Morgan fingerprint density at radius 2 is 0.727 bits per heavy atom. The van der Waals surface area contributed by atoms with E-state index in [1.54, 1.807) is 28.7 Å². The zero-order valence-electron chi connectivity index (χ0n) is 47.3. The third-order valence-corrected chi connectivity index (χ3v) is 23.3. The van der Waals surface area contributed by atoms with Gasteiger partial charge in [0.1, 0.15) is 11.1 Å². The van der Waals surface area contributed by atoms with Crippen molar-refractivity contribution in [3.63, 3.8) is 0 Å². The van der Waals surface area contributed by atoms with Crippen LogP contribution < -0.4 is 0 Å². The van der Waals surface area contributed by atoms with Crippen molar-refractivity contribution in [2.24, 2.45) is 0 Å². The van der Waals surface area contributed by atoms with Crippen LogP contribution in [-0.2, 0) is 43.4 Å². The van der Waals surface area contributed by atoms with Crippen LogP contribution in [0.1, 0.15) is 176 Å². The fourth-order valence-electron chi connectivity index (χ4n) is 11.3. The number of carbonyl (C=O) groups excluding carboxylic acids is 4. The highest BCUT2D eigenvalue weighted by molar-refractivity contribution is 7.28. The van der Waals surface area contributed by atoms with Crippen LogP contribution in [0.15, 0.2) is 48.5 Å². The molecule has 0 spiro atoms. The molecule has 8 nitrogen and oxygen atoms in total. The summed E-state index contributed by atoms with van der Waals surface area (Å²) in [6, 6.07) is 14.1. The number of unbranched alkanes of at least 4 members (excludes halogenated alkanes) is 12. The van der Waals surface area contributed by atoms with E-state index in [0.717, 1.165) is 69.0 Å².